The number of aromatic nitrogens is 1. The Bertz CT molecular complexity index is 821. The van der Waals surface area contributed by atoms with Crippen molar-refractivity contribution in [2.75, 3.05) is 25.0 Å². The van der Waals surface area contributed by atoms with Crippen molar-refractivity contribution in [3.05, 3.63) is 34.2 Å². The third kappa shape index (κ3) is 3.51. The number of nitrogens with one attached hydrogen (secondary N) is 1. The first-order valence-corrected chi connectivity index (χ1v) is 10.2. The molecule has 3 N–H and O–H groups in total. The van der Waals surface area contributed by atoms with Crippen LogP contribution in [-0.4, -0.2) is 41.0 Å². The second-order valence-corrected chi connectivity index (χ2v) is 9.11. The fourth-order valence-corrected chi connectivity index (χ4v) is 5.23. The number of hydrogen-bond donors (Lipinski definition) is 2. The molecule has 1 aromatic carbocycles. The molecule has 0 radical (unpaired) electrons. The summed E-state index contributed by atoms with van der Waals surface area (Å²) in [5.74, 6) is 0.513. The lowest BCUT2D eigenvalue weighted by molar-refractivity contribution is -0.117. The number of likely N-dealkylation sites (tertiary alicyclic amines) is 1. The third-order valence-electron chi connectivity index (χ3n) is 5.53. The van der Waals surface area contributed by atoms with Crippen LogP contribution in [0, 0.1) is 12.8 Å². The number of halogens is 1. The van der Waals surface area contributed by atoms with Gasteiger partial charge in [0.2, 0.25) is 5.91 Å². The van der Waals surface area contributed by atoms with Gasteiger partial charge in [-0.05, 0) is 37.8 Å². The summed E-state index contributed by atoms with van der Waals surface area (Å²) in [5.41, 5.74) is 8.29. The molecule has 0 spiro atoms. The Hall–Kier alpha value is -1.47. The minimum atomic E-state index is -0.0835. The number of fused-ring (bicyclic) bond motifs is 1. The second-order valence-electron chi connectivity index (χ2n) is 7.47. The van der Waals surface area contributed by atoms with Gasteiger partial charge in [-0.15, -0.1) is 11.3 Å². The van der Waals surface area contributed by atoms with Crippen molar-refractivity contribution in [2.24, 2.45) is 11.7 Å². The summed E-state index contributed by atoms with van der Waals surface area (Å²) in [5, 5.41) is 4.28. The van der Waals surface area contributed by atoms with Gasteiger partial charge in [0.05, 0.1) is 12.2 Å². The van der Waals surface area contributed by atoms with Crippen LogP contribution < -0.4 is 11.1 Å². The Kier molecular flexibility index (Phi) is 4.77. The largest absolute Gasteiger partial charge is 0.324 e. The van der Waals surface area contributed by atoms with E-state index in [2.05, 4.69) is 15.2 Å². The Morgan fingerprint density at radius 3 is 2.96 bits per heavy atom. The molecule has 2 fully saturated rings. The maximum absolute atomic E-state index is 12.4. The van der Waals surface area contributed by atoms with E-state index in [-0.39, 0.29) is 11.4 Å². The van der Waals surface area contributed by atoms with Gasteiger partial charge in [0, 0.05) is 34.1 Å². The summed E-state index contributed by atoms with van der Waals surface area (Å²) in [6.45, 7) is 4.14. The number of anilines is 1. The van der Waals surface area contributed by atoms with Gasteiger partial charge < -0.3 is 11.1 Å². The van der Waals surface area contributed by atoms with Crippen LogP contribution in [0.5, 0.6) is 0 Å². The lowest BCUT2D eigenvalue weighted by atomic mass is 9.92. The molecule has 2 aliphatic rings. The quantitative estimate of drug-likeness (QED) is 0.837. The number of thiazole rings is 1. The number of nitrogens with two attached hydrogens (primary N) is 1. The van der Waals surface area contributed by atoms with Crippen molar-refractivity contribution >= 4 is 34.0 Å². The molecular formula is C19H23ClN4OS. The summed E-state index contributed by atoms with van der Waals surface area (Å²) in [6, 6.07) is 7.58. The van der Waals surface area contributed by atoms with Gasteiger partial charge in [-0.25, -0.2) is 4.98 Å². The number of carbonyl (C=O) groups excluding carboxylic acids is 1. The van der Waals surface area contributed by atoms with Crippen LogP contribution in [0.1, 0.15) is 24.1 Å². The SMILES string of the molecule is Cc1sc(NC(=O)CN2CC3CCCC3(N)C2)nc1-c1ccc(Cl)cc1. The summed E-state index contributed by atoms with van der Waals surface area (Å²) in [4.78, 5) is 20.3. The fraction of sp³-hybridized carbons (Fsp3) is 0.474. The normalized spacial score (nSPS) is 25.4. The van der Waals surface area contributed by atoms with Gasteiger partial charge in [0.15, 0.2) is 5.13 Å². The molecule has 2 atom stereocenters. The summed E-state index contributed by atoms with van der Waals surface area (Å²) < 4.78 is 0. The van der Waals surface area contributed by atoms with Crippen molar-refractivity contribution in [3.63, 3.8) is 0 Å². The van der Waals surface area contributed by atoms with E-state index in [0.29, 0.717) is 22.6 Å². The van der Waals surface area contributed by atoms with Gasteiger partial charge in [-0.3, -0.25) is 9.69 Å². The van der Waals surface area contributed by atoms with Crippen molar-refractivity contribution in [1.82, 2.24) is 9.88 Å². The van der Waals surface area contributed by atoms with Gasteiger partial charge >= 0.3 is 0 Å². The monoisotopic (exact) mass is 390 g/mol. The molecule has 2 aromatic rings. The zero-order valence-corrected chi connectivity index (χ0v) is 16.4. The molecule has 2 heterocycles. The van der Waals surface area contributed by atoms with Crippen LogP contribution in [0.4, 0.5) is 5.13 Å². The van der Waals surface area contributed by atoms with E-state index < -0.39 is 0 Å². The average molecular weight is 391 g/mol. The highest BCUT2D eigenvalue weighted by atomic mass is 35.5. The summed E-state index contributed by atoms with van der Waals surface area (Å²) >= 11 is 7.45. The molecule has 1 aromatic heterocycles. The number of carbonyl (C=O) groups is 1. The molecule has 0 bridgehead atoms. The predicted octanol–water partition coefficient (Wildman–Crippen LogP) is 3.52. The number of hydrogen-bond acceptors (Lipinski definition) is 5. The zero-order chi connectivity index (χ0) is 18.3. The number of aryl methyl sites for hydroxylation is 1. The van der Waals surface area contributed by atoms with Crippen molar-refractivity contribution in [2.45, 2.75) is 31.7 Å². The topological polar surface area (TPSA) is 71.2 Å². The molecule has 26 heavy (non-hydrogen) atoms. The molecule has 7 heteroatoms. The molecular weight excluding hydrogens is 368 g/mol. The average Bonchev–Trinajstić information content (AvgIpc) is 3.19. The van der Waals surface area contributed by atoms with Crippen LogP contribution in [-0.2, 0) is 4.79 Å². The molecule has 4 rings (SSSR count). The van der Waals surface area contributed by atoms with Crippen molar-refractivity contribution < 1.29 is 4.79 Å². The molecule has 2 unspecified atom stereocenters. The highest BCUT2D eigenvalue weighted by Gasteiger charge is 2.46. The summed E-state index contributed by atoms with van der Waals surface area (Å²) in [6.07, 6.45) is 3.48. The van der Waals surface area contributed by atoms with Crippen LogP contribution in [0.25, 0.3) is 11.3 Å². The van der Waals surface area contributed by atoms with Gasteiger partial charge in [0.1, 0.15) is 0 Å². The molecule has 1 amide bonds. The molecule has 1 saturated heterocycles. The van der Waals surface area contributed by atoms with E-state index in [9.17, 15) is 4.79 Å². The van der Waals surface area contributed by atoms with Crippen molar-refractivity contribution in [3.8, 4) is 11.3 Å². The van der Waals surface area contributed by atoms with Crippen LogP contribution >= 0.6 is 22.9 Å². The minimum Gasteiger partial charge on any atom is -0.324 e. The Morgan fingerprint density at radius 1 is 1.46 bits per heavy atom. The first-order valence-electron chi connectivity index (χ1n) is 8.97. The van der Waals surface area contributed by atoms with Crippen LogP contribution in [0.2, 0.25) is 5.02 Å². The van der Waals surface area contributed by atoms with Gasteiger partial charge in [0.25, 0.3) is 0 Å². The minimum absolute atomic E-state index is 0.0232. The van der Waals surface area contributed by atoms with Crippen LogP contribution in [0.15, 0.2) is 24.3 Å². The van der Waals surface area contributed by atoms with E-state index in [1.54, 1.807) is 0 Å². The van der Waals surface area contributed by atoms with Gasteiger partial charge in [-0.1, -0.05) is 30.2 Å². The standard InChI is InChI=1S/C19H23ClN4OS/c1-12-17(13-4-6-15(20)7-5-13)23-18(26-12)22-16(25)10-24-9-14-3-2-8-19(14,21)11-24/h4-7,14H,2-3,8-11,21H2,1H3,(H,22,23,25). The Balaban J connectivity index is 1.39. The molecule has 1 aliphatic carbocycles. The van der Waals surface area contributed by atoms with E-state index in [0.717, 1.165) is 35.6 Å². The maximum Gasteiger partial charge on any atom is 0.240 e. The first kappa shape index (κ1) is 17.9. The van der Waals surface area contributed by atoms with Gasteiger partial charge in [-0.2, -0.15) is 0 Å². The van der Waals surface area contributed by atoms with Crippen LogP contribution in [0.3, 0.4) is 0 Å². The third-order valence-corrected chi connectivity index (χ3v) is 6.67. The number of rotatable bonds is 4. The number of benzene rings is 1. The maximum atomic E-state index is 12.4. The number of amides is 1. The molecule has 5 nitrogen and oxygen atoms in total. The number of nitrogens with zero attached hydrogens (tertiary/aromatic N) is 2. The fourth-order valence-electron chi connectivity index (χ4n) is 4.25. The van der Waals surface area contributed by atoms with E-state index in [4.69, 9.17) is 17.3 Å². The first-order chi connectivity index (χ1) is 12.4. The highest BCUT2D eigenvalue weighted by molar-refractivity contribution is 7.16. The predicted molar refractivity (Wildman–Crippen MR) is 107 cm³/mol. The zero-order valence-electron chi connectivity index (χ0n) is 14.8. The smallest absolute Gasteiger partial charge is 0.240 e. The lowest BCUT2D eigenvalue weighted by Gasteiger charge is -2.22. The Labute approximate surface area is 162 Å². The lowest BCUT2D eigenvalue weighted by Crippen LogP contribution is -2.44. The summed E-state index contributed by atoms with van der Waals surface area (Å²) in [7, 11) is 0. The van der Waals surface area contributed by atoms with Crippen molar-refractivity contribution in [1.29, 1.82) is 0 Å². The van der Waals surface area contributed by atoms with E-state index >= 15 is 0 Å². The molecule has 1 saturated carbocycles. The van der Waals surface area contributed by atoms with E-state index in [1.165, 1.54) is 24.2 Å². The second kappa shape index (κ2) is 6.93. The highest BCUT2D eigenvalue weighted by Crippen LogP contribution is 2.39. The molecule has 138 valence electrons. The molecule has 1 aliphatic heterocycles. The Morgan fingerprint density at radius 2 is 2.23 bits per heavy atom. The van der Waals surface area contributed by atoms with E-state index in [1.807, 2.05) is 31.2 Å².